The standard InChI is InChI=1S/C13H12N2O5/c16-9-13(14-6-7-20-13)12(17)5-4-10-2-1-3-11(8-10)15(18)19/h1-5,8-9,14H,6-7H2. The first-order chi connectivity index (χ1) is 9.57. The van der Waals surface area contributed by atoms with E-state index in [4.69, 9.17) is 4.74 Å². The fourth-order valence-corrected chi connectivity index (χ4v) is 1.83. The Morgan fingerprint density at radius 3 is 2.90 bits per heavy atom. The number of nitro groups is 1. The van der Waals surface area contributed by atoms with Gasteiger partial charge in [0, 0.05) is 18.7 Å². The van der Waals surface area contributed by atoms with Crippen LogP contribution >= 0.6 is 0 Å². The fourth-order valence-electron chi connectivity index (χ4n) is 1.83. The second-order valence-corrected chi connectivity index (χ2v) is 4.18. The molecule has 1 aromatic carbocycles. The van der Waals surface area contributed by atoms with Crippen molar-refractivity contribution in [3.05, 3.63) is 46.0 Å². The minimum absolute atomic E-state index is 0.0695. The number of hydrogen-bond donors (Lipinski definition) is 1. The Morgan fingerprint density at radius 1 is 1.50 bits per heavy atom. The van der Waals surface area contributed by atoms with Gasteiger partial charge in [-0.05, 0) is 11.6 Å². The zero-order valence-corrected chi connectivity index (χ0v) is 10.4. The summed E-state index contributed by atoms with van der Waals surface area (Å²) in [4.78, 5) is 33.1. The maximum Gasteiger partial charge on any atom is 0.270 e. The molecule has 2 rings (SSSR count). The van der Waals surface area contributed by atoms with E-state index in [0.29, 0.717) is 18.4 Å². The van der Waals surface area contributed by atoms with Crippen molar-refractivity contribution in [2.75, 3.05) is 13.2 Å². The van der Waals surface area contributed by atoms with Gasteiger partial charge in [-0.15, -0.1) is 0 Å². The maximum atomic E-state index is 12.0. The molecule has 7 heteroatoms. The summed E-state index contributed by atoms with van der Waals surface area (Å²) in [5.41, 5.74) is -1.21. The van der Waals surface area contributed by atoms with Crippen LogP contribution in [-0.4, -0.2) is 35.9 Å². The van der Waals surface area contributed by atoms with Gasteiger partial charge in [-0.3, -0.25) is 25.0 Å². The maximum absolute atomic E-state index is 12.0. The SMILES string of the molecule is O=CC1(C(=O)C=Cc2cccc([N+](=O)[O-])c2)NCCO1. The minimum Gasteiger partial charge on any atom is -0.346 e. The molecule has 104 valence electrons. The van der Waals surface area contributed by atoms with Crippen molar-refractivity contribution in [2.45, 2.75) is 5.72 Å². The lowest BCUT2D eigenvalue weighted by Gasteiger charge is -2.17. The molecule has 0 bridgehead atoms. The smallest absolute Gasteiger partial charge is 0.270 e. The van der Waals surface area contributed by atoms with Crippen LogP contribution < -0.4 is 5.32 Å². The summed E-state index contributed by atoms with van der Waals surface area (Å²) in [6.07, 6.45) is 3.00. The molecule has 0 spiro atoms. The van der Waals surface area contributed by atoms with Gasteiger partial charge >= 0.3 is 0 Å². The summed E-state index contributed by atoms with van der Waals surface area (Å²) < 4.78 is 5.11. The van der Waals surface area contributed by atoms with E-state index < -0.39 is 16.4 Å². The van der Waals surface area contributed by atoms with E-state index in [-0.39, 0.29) is 12.3 Å². The quantitative estimate of drug-likeness (QED) is 0.279. The number of nitrogens with one attached hydrogen (secondary N) is 1. The lowest BCUT2D eigenvalue weighted by molar-refractivity contribution is -0.384. The van der Waals surface area contributed by atoms with Gasteiger partial charge in [0.1, 0.15) is 0 Å². The van der Waals surface area contributed by atoms with Crippen molar-refractivity contribution in [2.24, 2.45) is 0 Å². The third-order valence-corrected chi connectivity index (χ3v) is 2.86. The van der Waals surface area contributed by atoms with Crippen LogP contribution in [0.15, 0.2) is 30.3 Å². The molecule has 1 unspecified atom stereocenters. The van der Waals surface area contributed by atoms with Crippen molar-refractivity contribution in [1.29, 1.82) is 0 Å². The van der Waals surface area contributed by atoms with Gasteiger partial charge in [-0.25, -0.2) is 0 Å². The Hall–Kier alpha value is -2.38. The fraction of sp³-hybridized carbons (Fsp3) is 0.231. The lowest BCUT2D eigenvalue weighted by Crippen LogP contribution is -2.49. The number of aldehydes is 1. The third-order valence-electron chi connectivity index (χ3n) is 2.86. The molecule has 20 heavy (non-hydrogen) atoms. The molecule has 1 aliphatic rings. The van der Waals surface area contributed by atoms with E-state index in [1.807, 2.05) is 0 Å². The zero-order chi connectivity index (χ0) is 14.6. The Morgan fingerprint density at radius 2 is 2.30 bits per heavy atom. The number of nitro benzene ring substituents is 1. The summed E-state index contributed by atoms with van der Waals surface area (Å²) in [6, 6.07) is 5.82. The third kappa shape index (κ3) is 2.79. The monoisotopic (exact) mass is 276 g/mol. The molecular weight excluding hydrogens is 264 g/mol. The number of benzene rings is 1. The van der Waals surface area contributed by atoms with E-state index in [0.717, 1.165) is 0 Å². The first kappa shape index (κ1) is 14.0. The molecule has 1 fully saturated rings. The van der Waals surface area contributed by atoms with E-state index >= 15 is 0 Å². The van der Waals surface area contributed by atoms with Crippen molar-refractivity contribution in [3.63, 3.8) is 0 Å². The van der Waals surface area contributed by atoms with Gasteiger partial charge in [0.15, 0.2) is 6.29 Å². The Kier molecular flexibility index (Phi) is 4.02. The van der Waals surface area contributed by atoms with Crippen LogP contribution in [-0.2, 0) is 14.3 Å². The summed E-state index contributed by atoms with van der Waals surface area (Å²) in [5.74, 6) is -0.545. The van der Waals surface area contributed by atoms with Crippen molar-refractivity contribution >= 4 is 23.8 Å². The molecular formula is C13H12N2O5. The van der Waals surface area contributed by atoms with E-state index in [1.54, 1.807) is 6.07 Å². The molecule has 0 aliphatic carbocycles. The van der Waals surface area contributed by atoms with Gasteiger partial charge in [-0.1, -0.05) is 18.2 Å². The number of hydrogen-bond acceptors (Lipinski definition) is 6. The van der Waals surface area contributed by atoms with E-state index in [2.05, 4.69) is 5.32 Å². The van der Waals surface area contributed by atoms with Gasteiger partial charge in [-0.2, -0.15) is 0 Å². The highest BCUT2D eigenvalue weighted by molar-refractivity contribution is 6.09. The number of carbonyl (C=O) groups excluding carboxylic acids is 2. The molecule has 1 aromatic rings. The molecule has 0 amide bonds. The number of nitrogens with zero attached hydrogens (tertiary/aromatic N) is 1. The molecule has 0 radical (unpaired) electrons. The Balaban J connectivity index is 2.16. The number of ketones is 1. The van der Waals surface area contributed by atoms with Crippen LogP contribution in [0, 0.1) is 10.1 Å². The van der Waals surface area contributed by atoms with Gasteiger partial charge in [0.2, 0.25) is 11.5 Å². The summed E-state index contributed by atoms with van der Waals surface area (Å²) >= 11 is 0. The van der Waals surface area contributed by atoms with Gasteiger partial charge < -0.3 is 4.74 Å². The molecule has 1 atom stereocenters. The molecule has 1 saturated heterocycles. The predicted octanol–water partition coefficient (Wildman–Crippen LogP) is 0.692. The molecule has 1 aliphatic heterocycles. The molecule has 1 heterocycles. The highest BCUT2D eigenvalue weighted by atomic mass is 16.6. The average molecular weight is 276 g/mol. The topological polar surface area (TPSA) is 98.5 Å². The van der Waals surface area contributed by atoms with Crippen LogP contribution in [0.3, 0.4) is 0 Å². The summed E-state index contributed by atoms with van der Waals surface area (Å²) in [6.45, 7) is 0.685. The number of rotatable bonds is 5. The van der Waals surface area contributed by atoms with Crippen LogP contribution in [0.2, 0.25) is 0 Å². The number of non-ortho nitro benzene ring substituents is 1. The van der Waals surface area contributed by atoms with Crippen LogP contribution in [0.25, 0.3) is 6.08 Å². The van der Waals surface area contributed by atoms with Crippen molar-refractivity contribution in [1.82, 2.24) is 5.32 Å². The van der Waals surface area contributed by atoms with Crippen molar-refractivity contribution in [3.8, 4) is 0 Å². The Labute approximate surface area is 114 Å². The van der Waals surface area contributed by atoms with Crippen LogP contribution in [0.5, 0.6) is 0 Å². The molecule has 7 nitrogen and oxygen atoms in total. The molecule has 1 N–H and O–H groups in total. The van der Waals surface area contributed by atoms with Crippen molar-refractivity contribution < 1.29 is 19.2 Å². The first-order valence-electron chi connectivity index (χ1n) is 5.90. The minimum atomic E-state index is -1.63. The second kappa shape index (κ2) is 5.72. The normalized spacial score (nSPS) is 22.0. The van der Waals surface area contributed by atoms with E-state index in [1.165, 1.54) is 30.4 Å². The first-order valence-corrected chi connectivity index (χ1v) is 5.90. The lowest BCUT2D eigenvalue weighted by atomic mass is 10.1. The Bertz CT molecular complexity index is 576. The summed E-state index contributed by atoms with van der Waals surface area (Å²) in [5, 5.41) is 13.3. The average Bonchev–Trinajstić information content (AvgIpc) is 2.95. The second-order valence-electron chi connectivity index (χ2n) is 4.18. The highest BCUT2D eigenvalue weighted by Gasteiger charge is 2.40. The van der Waals surface area contributed by atoms with Crippen LogP contribution in [0.4, 0.5) is 5.69 Å². The van der Waals surface area contributed by atoms with E-state index in [9.17, 15) is 19.7 Å². The highest BCUT2D eigenvalue weighted by Crippen LogP contribution is 2.16. The molecule has 0 aromatic heterocycles. The zero-order valence-electron chi connectivity index (χ0n) is 10.4. The predicted molar refractivity (Wildman–Crippen MR) is 69.9 cm³/mol. The van der Waals surface area contributed by atoms with Gasteiger partial charge in [0.05, 0.1) is 11.5 Å². The number of carbonyl (C=O) groups is 2. The van der Waals surface area contributed by atoms with Crippen LogP contribution in [0.1, 0.15) is 5.56 Å². The number of ether oxygens (including phenoxy) is 1. The van der Waals surface area contributed by atoms with Gasteiger partial charge in [0.25, 0.3) is 5.69 Å². The molecule has 0 saturated carbocycles. The summed E-state index contributed by atoms with van der Waals surface area (Å²) in [7, 11) is 0. The largest absolute Gasteiger partial charge is 0.346 e.